The van der Waals surface area contributed by atoms with E-state index in [1.807, 2.05) is 24.3 Å². The molecule has 2 N–H and O–H groups in total. The number of aromatic amines is 1. The van der Waals surface area contributed by atoms with Crippen LogP contribution in [0.15, 0.2) is 41.5 Å². The number of hydrogen-bond donors (Lipinski definition) is 2. The van der Waals surface area contributed by atoms with Crippen molar-refractivity contribution in [3.8, 4) is 11.1 Å². The van der Waals surface area contributed by atoms with Gasteiger partial charge in [0.15, 0.2) is 5.78 Å². The number of hydrogen-bond acceptors (Lipinski definition) is 4. The molecule has 2 heterocycles. The fourth-order valence-electron chi connectivity index (χ4n) is 2.54. The molecule has 3 rings (SSSR count). The van der Waals surface area contributed by atoms with Crippen LogP contribution in [0.4, 0.5) is 0 Å². The van der Waals surface area contributed by atoms with Crippen LogP contribution in [-0.4, -0.2) is 28.8 Å². The first kappa shape index (κ1) is 12.7. The molecule has 0 bridgehead atoms. The molecule has 1 aliphatic rings. The average molecular weight is 269 g/mol. The highest BCUT2D eigenvalue weighted by atomic mass is 16.1. The highest BCUT2D eigenvalue weighted by Gasteiger charge is 2.25. The van der Waals surface area contributed by atoms with Crippen LogP contribution < -0.4 is 11.0 Å². The predicted octanol–water partition coefficient (Wildman–Crippen LogP) is 1.23. The van der Waals surface area contributed by atoms with Gasteiger partial charge in [-0.3, -0.25) is 4.79 Å². The molecule has 102 valence electrons. The van der Waals surface area contributed by atoms with E-state index in [4.69, 9.17) is 0 Å². The molecule has 5 nitrogen and oxygen atoms in total. The first-order chi connectivity index (χ1) is 9.75. The van der Waals surface area contributed by atoms with Crippen LogP contribution in [0.25, 0.3) is 11.1 Å². The minimum atomic E-state index is -0.391. The third-order valence-corrected chi connectivity index (χ3v) is 3.61. The average Bonchev–Trinajstić information content (AvgIpc) is 3.02. The lowest BCUT2D eigenvalue weighted by Crippen LogP contribution is -2.18. The largest absolute Gasteiger partial charge is 0.344 e. The van der Waals surface area contributed by atoms with Gasteiger partial charge in [-0.1, -0.05) is 24.3 Å². The van der Waals surface area contributed by atoms with Crippen LogP contribution in [0.1, 0.15) is 16.8 Å². The Balaban J connectivity index is 2.01. The summed E-state index contributed by atoms with van der Waals surface area (Å²) in [7, 11) is 0. The molecule has 1 fully saturated rings. The number of H-pyrrole nitrogens is 1. The van der Waals surface area contributed by atoms with Crippen LogP contribution in [0.3, 0.4) is 0 Å². The second-order valence-electron chi connectivity index (χ2n) is 4.91. The Kier molecular flexibility index (Phi) is 3.43. The SMILES string of the molecule is O=C(c1ccccc1-c1cnc(=O)[nH]c1)C1CCNC1. The van der Waals surface area contributed by atoms with Crippen molar-refractivity contribution in [3.63, 3.8) is 0 Å². The molecule has 1 aromatic heterocycles. The molecule has 1 saturated heterocycles. The molecule has 0 saturated carbocycles. The van der Waals surface area contributed by atoms with Gasteiger partial charge in [0.05, 0.1) is 0 Å². The van der Waals surface area contributed by atoms with Gasteiger partial charge < -0.3 is 10.3 Å². The summed E-state index contributed by atoms with van der Waals surface area (Å²) in [5.74, 6) is 0.184. The van der Waals surface area contributed by atoms with E-state index < -0.39 is 5.69 Å². The summed E-state index contributed by atoms with van der Waals surface area (Å²) in [4.78, 5) is 29.9. The van der Waals surface area contributed by atoms with Gasteiger partial charge in [0.2, 0.25) is 0 Å². The lowest BCUT2D eigenvalue weighted by atomic mass is 9.91. The summed E-state index contributed by atoms with van der Waals surface area (Å²) >= 11 is 0. The van der Waals surface area contributed by atoms with Crippen molar-refractivity contribution >= 4 is 5.78 Å². The molecule has 0 aliphatic carbocycles. The lowest BCUT2D eigenvalue weighted by Gasteiger charge is -2.12. The second-order valence-corrected chi connectivity index (χ2v) is 4.91. The molecular weight excluding hydrogens is 254 g/mol. The normalized spacial score (nSPS) is 18.1. The summed E-state index contributed by atoms with van der Waals surface area (Å²) in [6.07, 6.45) is 3.96. The second kappa shape index (κ2) is 5.38. The number of nitrogens with zero attached hydrogens (tertiary/aromatic N) is 1. The number of benzene rings is 1. The summed E-state index contributed by atoms with van der Waals surface area (Å²) in [6, 6.07) is 7.45. The standard InChI is InChI=1S/C15H15N3O2/c19-14(10-5-6-16-7-10)13-4-2-1-3-12(13)11-8-17-15(20)18-9-11/h1-4,8-10,16H,5-7H2,(H,17,18,20). The van der Waals surface area contributed by atoms with E-state index in [0.29, 0.717) is 5.56 Å². The van der Waals surface area contributed by atoms with Crippen molar-refractivity contribution < 1.29 is 4.79 Å². The Morgan fingerprint density at radius 3 is 2.85 bits per heavy atom. The van der Waals surface area contributed by atoms with Gasteiger partial charge in [-0.05, 0) is 18.5 Å². The fourth-order valence-corrected chi connectivity index (χ4v) is 2.54. The van der Waals surface area contributed by atoms with Crippen LogP contribution >= 0.6 is 0 Å². The number of rotatable bonds is 3. The Hall–Kier alpha value is -2.27. The number of carbonyl (C=O) groups is 1. The fraction of sp³-hybridized carbons (Fsp3) is 0.267. The Bertz CT molecular complexity index is 667. The van der Waals surface area contributed by atoms with E-state index in [1.54, 1.807) is 6.20 Å². The van der Waals surface area contributed by atoms with Gasteiger partial charge in [-0.25, -0.2) is 9.78 Å². The van der Waals surface area contributed by atoms with Crippen LogP contribution in [0.5, 0.6) is 0 Å². The Morgan fingerprint density at radius 2 is 2.15 bits per heavy atom. The number of Topliss-reactive ketones (excluding diaryl/α,β-unsaturated/α-hetero) is 1. The smallest absolute Gasteiger partial charge is 0.316 e. The zero-order valence-corrected chi connectivity index (χ0v) is 10.9. The van der Waals surface area contributed by atoms with Crippen molar-refractivity contribution in [1.29, 1.82) is 0 Å². The van der Waals surface area contributed by atoms with E-state index in [0.717, 1.165) is 30.6 Å². The summed E-state index contributed by atoms with van der Waals surface area (Å²) in [6.45, 7) is 1.62. The molecule has 2 aromatic rings. The van der Waals surface area contributed by atoms with Crippen molar-refractivity contribution in [3.05, 3.63) is 52.7 Å². The van der Waals surface area contributed by atoms with Crippen molar-refractivity contribution in [2.24, 2.45) is 5.92 Å². The predicted molar refractivity (Wildman–Crippen MR) is 75.6 cm³/mol. The summed E-state index contributed by atoms with van der Waals surface area (Å²) < 4.78 is 0. The van der Waals surface area contributed by atoms with E-state index in [9.17, 15) is 9.59 Å². The molecule has 0 spiro atoms. The highest BCUT2D eigenvalue weighted by Crippen LogP contribution is 2.25. The molecule has 1 aliphatic heterocycles. The molecule has 0 amide bonds. The zero-order valence-electron chi connectivity index (χ0n) is 10.9. The molecule has 1 atom stereocenters. The van der Waals surface area contributed by atoms with Crippen LogP contribution in [0.2, 0.25) is 0 Å². The minimum Gasteiger partial charge on any atom is -0.316 e. The topological polar surface area (TPSA) is 74.8 Å². The molecule has 0 radical (unpaired) electrons. The third-order valence-electron chi connectivity index (χ3n) is 3.61. The molecule has 1 unspecified atom stereocenters. The van der Waals surface area contributed by atoms with Crippen molar-refractivity contribution in [2.75, 3.05) is 13.1 Å². The maximum absolute atomic E-state index is 12.6. The lowest BCUT2D eigenvalue weighted by molar-refractivity contribution is 0.0931. The maximum Gasteiger partial charge on any atom is 0.344 e. The number of carbonyl (C=O) groups excluding carboxylic acids is 1. The van der Waals surface area contributed by atoms with E-state index in [2.05, 4.69) is 15.3 Å². The van der Waals surface area contributed by atoms with Gasteiger partial charge in [-0.2, -0.15) is 0 Å². The number of nitrogens with one attached hydrogen (secondary N) is 2. The molecule has 1 aromatic carbocycles. The highest BCUT2D eigenvalue weighted by molar-refractivity contribution is 6.03. The first-order valence-electron chi connectivity index (χ1n) is 6.65. The summed E-state index contributed by atoms with van der Waals surface area (Å²) in [5, 5.41) is 3.21. The molecule has 20 heavy (non-hydrogen) atoms. The van der Waals surface area contributed by atoms with Gasteiger partial charge >= 0.3 is 5.69 Å². The maximum atomic E-state index is 12.6. The molecular formula is C15H15N3O2. The van der Waals surface area contributed by atoms with E-state index in [-0.39, 0.29) is 11.7 Å². The van der Waals surface area contributed by atoms with Crippen LogP contribution in [-0.2, 0) is 0 Å². The Labute approximate surface area is 116 Å². The first-order valence-corrected chi connectivity index (χ1v) is 6.65. The van der Waals surface area contributed by atoms with Crippen LogP contribution in [0, 0.1) is 5.92 Å². The summed E-state index contributed by atoms with van der Waals surface area (Å²) in [5.41, 5.74) is 1.86. The van der Waals surface area contributed by atoms with Gasteiger partial charge in [0, 0.05) is 36.0 Å². The minimum absolute atomic E-state index is 0.0341. The zero-order chi connectivity index (χ0) is 13.9. The Morgan fingerprint density at radius 1 is 1.30 bits per heavy atom. The van der Waals surface area contributed by atoms with E-state index >= 15 is 0 Å². The van der Waals surface area contributed by atoms with Gasteiger partial charge in [0.25, 0.3) is 0 Å². The van der Waals surface area contributed by atoms with E-state index in [1.165, 1.54) is 6.20 Å². The quantitative estimate of drug-likeness (QED) is 0.822. The number of aromatic nitrogens is 2. The van der Waals surface area contributed by atoms with Gasteiger partial charge in [0.1, 0.15) is 0 Å². The van der Waals surface area contributed by atoms with Crippen molar-refractivity contribution in [2.45, 2.75) is 6.42 Å². The third kappa shape index (κ3) is 2.40. The number of ketones is 1. The molecule has 5 heteroatoms. The van der Waals surface area contributed by atoms with Gasteiger partial charge in [-0.15, -0.1) is 0 Å². The van der Waals surface area contributed by atoms with Crippen molar-refractivity contribution in [1.82, 2.24) is 15.3 Å². The monoisotopic (exact) mass is 269 g/mol.